The topological polar surface area (TPSA) is 67.4 Å². The maximum Gasteiger partial charge on any atom is 0.326 e. The van der Waals surface area contributed by atoms with E-state index in [4.69, 9.17) is 16.3 Å². The molecule has 3 aromatic carbocycles. The summed E-state index contributed by atoms with van der Waals surface area (Å²) >= 11 is 5.94. The van der Waals surface area contributed by atoms with E-state index in [1.165, 1.54) is 0 Å². The Labute approximate surface area is 155 Å². The zero-order valence-electron chi connectivity index (χ0n) is 13.6. The minimum atomic E-state index is -0.647. The molecule has 3 rings (SSSR count). The van der Waals surface area contributed by atoms with Crippen LogP contribution in [0.15, 0.2) is 78.9 Å². The molecule has 0 radical (unpaired) electrons. The van der Waals surface area contributed by atoms with Gasteiger partial charge in [0.05, 0.1) is 10.6 Å². The van der Waals surface area contributed by atoms with Gasteiger partial charge in [0.2, 0.25) is 0 Å². The van der Waals surface area contributed by atoms with Crippen LogP contribution in [0.1, 0.15) is 10.4 Å². The first kappa shape index (κ1) is 17.5. The highest BCUT2D eigenvalue weighted by atomic mass is 35.5. The number of rotatable bonds is 4. The Kier molecular flexibility index (Phi) is 5.51. The largest absolute Gasteiger partial charge is 0.457 e. The summed E-state index contributed by atoms with van der Waals surface area (Å²) in [5, 5.41) is 5.10. The second-order valence-electron chi connectivity index (χ2n) is 5.33. The van der Waals surface area contributed by atoms with Gasteiger partial charge in [-0.25, -0.2) is 4.79 Å². The summed E-state index contributed by atoms with van der Waals surface area (Å²) in [6, 6.07) is 22.0. The van der Waals surface area contributed by atoms with Crippen molar-refractivity contribution in [2.45, 2.75) is 0 Å². The minimum absolute atomic E-state index is 0.232. The molecule has 130 valence electrons. The zero-order valence-corrected chi connectivity index (χ0v) is 14.4. The van der Waals surface area contributed by atoms with Crippen LogP contribution in [-0.2, 0) is 0 Å². The molecule has 0 fully saturated rings. The zero-order chi connectivity index (χ0) is 18.4. The molecule has 0 spiro atoms. The van der Waals surface area contributed by atoms with Crippen molar-refractivity contribution in [3.63, 3.8) is 0 Å². The third-order valence-electron chi connectivity index (χ3n) is 3.44. The Morgan fingerprint density at radius 1 is 0.769 bits per heavy atom. The number of anilines is 1. The number of amides is 3. The molecule has 3 aromatic rings. The summed E-state index contributed by atoms with van der Waals surface area (Å²) in [5.74, 6) is 0.780. The quantitative estimate of drug-likeness (QED) is 0.675. The molecule has 0 heterocycles. The van der Waals surface area contributed by atoms with Crippen LogP contribution in [0.4, 0.5) is 10.5 Å². The van der Waals surface area contributed by atoms with Gasteiger partial charge in [-0.05, 0) is 48.5 Å². The van der Waals surface area contributed by atoms with Crippen molar-refractivity contribution in [2.24, 2.45) is 0 Å². The molecule has 0 saturated heterocycles. The number of carbonyl (C=O) groups is 2. The van der Waals surface area contributed by atoms with Gasteiger partial charge in [-0.3, -0.25) is 10.1 Å². The predicted octanol–water partition coefficient (Wildman–Crippen LogP) is 5.09. The van der Waals surface area contributed by atoms with Gasteiger partial charge in [0.15, 0.2) is 0 Å². The van der Waals surface area contributed by atoms with Gasteiger partial charge in [0.25, 0.3) is 5.91 Å². The molecule has 0 saturated carbocycles. The van der Waals surface area contributed by atoms with Crippen LogP contribution in [0.25, 0.3) is 0 Å². The second-order valence-corrected chi connectivity index (χ2v) is 5.73. The molecule has 3 amide bonds. The Morgan fingerprint density at radius 2 is 1.38 bits per heavy atom. The molecule has 0 bridgehead atoms. The van der Waals surface area contributed by atoms with Gasteiger partial charge in [0.1, 0.15) is 11.5 Å². The number of halogens is 1. The standard InChI is InChI=1S/C20H15ClN2O3/c21-18-9-5-4-8-17(18)19(24)23-20(25)22-14-10-12-16(13-11-14)26-15-6-2-1-3-7-15/h1-13H,(H2,22,23,24,25). The van der Waals surface area contributed by atoms with Crippen molar-refractivity contribution in [1.29, 1.82) is 0 Å². The molecule has 0 aliphatic heterocycles. The molecule has 0 aliphatic rings. The normalized spacial score (nSPS) is 10.0. The highest BCUT2D eigenvalue weighted by molar-refractivity contribution is 6.34. The predicted molar refractivity (Wildman–Crippen MR) is 101 cm³/mol. The fourth-order valence-electron chi connectivity index (χ4n) is 2.21. The Morgan fingerprint density at radius 3 is 2.08 bits per heavy atom. The number of urea groups is 1. The summed E-state index contributed by atoms with van der Waals surface area (Å²) in [4.78, 5) is 24.0. The molecular formula is C20H15ClN2O3. The SMILES string of the molecule is O=C(NC(=O)c1ccccc1Cl)Nc1ccc(Oc2ccccc2)cc1. The molecule has 0 unspecified atom stereocenters. The van der Waals surface area contributed by atoms with Gasteiger partial charge < -0.3 is 10.1 Å². The molecule has 6 heteroatoms. The Bertz CT molecular complexity index is 912. The molecule has 0 aliphatic carbocycles. The first-order valence-electron chi connectivity index (χ1n) is 7.81. The molecule has 5 nitrogen and oxygen atoms in total. The third kappa shape index (κ3) is 4.62. The lowest BCUT2D eigenvalue weighted by Crippen LogP contribution is -2.34. The number of para-hydroxylation sites is 1. The van der Waals surface area contributed by atoms with E-state index in [1.807, 2.05) is 30.3 Å². The van der Waals surface area contributed by atoms with Crippen molar-refractivity contribution in [1.82, 2.24) is 5.32 Å². The number of nitrogens with one attached hydrogen (secondary N) is 2. The van der Waals surface area contributed by atoms with Crippen LogP contribution in [0.3, 0.4) is 0 Å². The fraction of sp³-hybridized carbons (Fsp3) is 0. The van der Waals surface area contributed by atoms with Crippen molar-refractivity contribution in [3.8, 4) is 11.5 Å². The molecule has 2 N–H and O–H groups in total. The van der Waals surface area contributed by atoms with E-state index in [-0.39, 0.29) is 10.6 Å². The highest BCUT2D eigenvalue weighted by Crippen LogP contribution is 2.22. The number of hydrogen-bond donors (Lipinski definition) is 2. The number of ether oxygens (including phenoxy) is 1. The molecule has 26 heavy (non-hydrogen) atoms. The lowest BCUT2D eigenvalue weighted by Gasteiger charge is -2.09. The van der Waals surface area contributed by atoms with E-state index in [9.17, 15) is 9.59 Å². The average Bonchev–Trinajstić information content (AvgIpc) is 2.64. The lowest BCUT2D eigenvalue weighted by atomic mass is 10.2. The molecular weight excluding hydrogens is 352 g/mol. The van der Waals surface area contributed by atoms with Crippen LogP contribution in [0.5, 0.6) is 11.5 Å². The third-order valence-corrected chi connectivity index (χ3v) is 3.77. The first-order valence-corrected chi connectivity index (χ1v) is 8.19. The van der Waals surface area contributed by atoms with Gasteiger partial charge in [-0.15, -0.1) is 0 Å². The lowest BCUT2D eigenvalue weighted by molar-refractivity contribution is 0.0967. The Balaban J connectivity index is 1.58. The van der Waals surface area contributed by atoms with Gasteiger partial charge in [-0.1, -0.05) is 41.9 Å². The maximum absolute atomic E-state index is 12.0. The number of imide groups is 1. The van der Waals surface area contributed by atoms with E-state index in [0.717, 1.165) is 5.75 Å². The fourth-order valence-corrected chi connectivity index (χ4v) is 2.43. The average molecular weight is 367 g/mol. The van der Waals surface area contributed by atoms with E-state index in [0.29, 0.717) is 11.4 Å². The van der Waals surface area contributed by atoms with Gasteiger partial charge in [0, 0.05) is 5.69 Å². The van der Waals surface area contributed by atoms with E-state index >= 15 is 0 Å². The number of carbonyl (C=O) groups excluding carboxylic acids is 2. The van der Waals surface area contributed by atoms with E-state index in [2.05, 4.69) is 10.6 Å². The van der Waals surface area contributed by atoms with Crippen molar-refractivity contribution in [3.05, 3.63) is 89.4 Å². The summed E-state index contributed by atoms with van der Waals surface area (Å²) in [7, 11) is 0. The summed E-state index contributed by atoms with van der Waals surface area (Å²) in [6.07, 6.45) is 0. The van der Waals surface area contributed by atoms with Crippen LogP contribution in [-0.4, -0.2) is 11.9 Å². The maximum atomic E-state index is 12.0. The van der Waals surface area contributed by atoms with Crippen molar-refractivity contribution < 1.29 is 14.3 Å². The van der Waals surface area contributed by atoms with Crippen LogP contribution < -0.4 is 15.4 Å². The van der Waals surface area contributed by atoms with Crippen LogP contribution in [0, 0.1) is 0 Å². The van der Waals surface area contributed by atoms with Gasteiger partial charge in [-0.2, -0.15) is 0 Å². The molecule has 0 atom stereocenters. The van der Waals surface area contributed by atoms with Crippen LogP contribution >= 0.6 is 11.6 Å². The first-order chi connectivity index (χ1) is 12.6. The summed E-state index contributed by atoms with van der Waals surface area (Å²) < 4.78 is 5.68. The molecule has 0 aromatic heterocycles. The highest BCUT2D eigenvalue weighted by Gasteiger charge is 2.13. The smallest absolute Gasteiger partial charge is 0.326 e. The van der Waals surface area contributed by atoms with E-state index in [1.54, 1.807) is 48.5 Å². The summed E-state index contributed by atoms with van der Waals surface area (Å²) in [6.45, 7) is 0. The minimum Gasteiger partial charge on any atom is -0.457 e. The van der Waals surface area contributed by atoms with E-state index < -0.39 is 11.9 Å². The monoisotopic (exact) mass is 366 g/mol. The number of benzene rings is 3. The second kappa shape index (κ2) is 8.18. The van der Waals surface area contributed by atoms with Crippen LogP contribution in [0.2, 0.25) is 5.02 Å². The van der Waals surface area contributed by atoms with Crippen molar-refractivity contribution in [2.75, 3.05) is 5.32 Å². The summed E-state index contributed by atoms with van der Waals surface area (Å²) in [5.41, 5.74) is 0.755. The van der Waals surface area contributed by atoms with Gasteiger partial charge >= 0.3 is 6.03 Å². The Hall–Kier alpha value is -3.31. The van der Waals surface area contributed by atoms with Crippen molar-refractivity contribution >= 4 is 29.2 Å². The number of hydrogen-bond acceptors (Lipinski definition) is 3.